The Kier molecular flexibility index (Phi) is 6.35. The van der Waals surface area contributed by atoms with Crippen molar-refractivity contribution in [2.75, 3.05) is 0 Å². The number of Topliss-reactive ketones (excluding diaryl/α,β-unsaturated/α-hetero) is 1. The third-order valence-corrected chi connectivity index (χ3v) is 5.26. The number of nitrogens with one attached hydrogen (secondary N) is 1. The number of carbonyl (C=O) groups is 1. The summed E-state index contributed by atoms with van der Waals surface area (Å²) in [4.78, 5) is 34.3. The van der Waals surface area contributed by atoms with Crippen molar-refractivity contribution in [2.24, 2.45) is 7.05 Å². The molecule has 0 unspecified atom stereocenters. The number of aromatic nitrogens is 6. The summed E-state index contributed by atoms with van der Waals surface area (Å²) in [7, 11) is 1.80. The number of aromatic amines is 1. The zero-order chi connectivity index (χ0) is 22.8. The fraction of sp³-hybridized carbons (Fsp3) is 0.160. The molecule has 0 amide bonds. The van der Waals surface area contributed by atoms with E-state index in [9.17, 15) is 9.59 Å². The normalized spacial score (nSPS) is 10.7. The summed E-state index contributed by atoms with van der Waals surface area (Å²) < 4.78 is 8.85. The van der Waals surface area contributed by atoms with Crippen molar-refractivity contribution in [3.8, 4) is 17.1 Å². The number of aryl methyl sites for hydroxylation is 1. The summed E-state index contributed by atoms with van der Waals surface area (Å²) in [5.41, 5.74) is 2.24. The smallest absolute Gasteiger partial charge is 0.274 e. The van der Waals surface area contributed by atoms with Crippen LogP contribution in [0.2, 0.25) is 0 Å². The molecule has 0 aliphatic carbocycles. The van der Waals surface area contributed by atoms with Crippen molar-refractivity contribution in [3.63, 3.8) is 0 Å². The number of nitrogens with zero attached hydrogens (tertiary/aromatic N) is 5. The number of carbonyl (C=O) groups excluding carboxylic acids is 1. The van der Waals surface area contributed by atoms with Crippen LogP contribution in [0.1, 0.15) is 29.2 Å². The van der Waals surface area contributed by atoms with E-state index in [1.807, 2.05) is 36.4 Å². The number of ether oxygens (including phenoxy) is 1. The summed E-state index contributed by atoms with van der Waals surface area (Å²) in [6, 6.07) is 19.7. The van der Waals surface area contributed by atoms with Crippen molar-refractivity contribution in [3.05, 3.63) is 100 Å². The van der Waals surface area contributed by atoms with Gasteiger partial charge in [-0.25, -0.2) is 4.98 Å². The fourth-order valence-corrected chi connectivity index (χ4v) is 3.54. The quantitative estimate of drug-likeness (QED) is 0.376. The first-order chi connectivity index (χ1) is 16.1. The van der Waals surface area contributed by atoms with E-state index >= 15 is 0 Å². The largest absolute Gasteiger partial charge is 0.487 e. The number of ketones is 1. The minimum absolute atomic E-state index is 0. The number of hydrogen-bond acceptors (Lipinski definition) is 6. The Morgan fingerprint density at radius 2 is 1.79 bits per heavy atom. The molecule has 0 saturated carbocycles. The first-order valence-corrected chi connectivity index (χ1v) is 10.3. The molecule has 3 aromatic heterocycles. The average Bonchev–Trinajstić information content (AvgIpc) is 3.45. The Labute approximate surface area is 195 Å². The Balaban J connectivity index is 0.00000274. The molecule has 0 fully saturated rings. The van der Waals surface area contributed by atoms with Crippen molar-refractivity contribution in [1.82, 2.24) is 29.4 Å². The van der Waals surface area contributed by atoms with Crippen LogP contribution in [0.4, 0.5) is 0 Å². The zero-order valence-corrected chi connectivity index (χ0v) is 17.8. The van der Waals surface area contributed by atoms with E-state index < -0.39 is 0 Å². The Morgan fingerprint density at radius 3 is 2.56 bits per heavy atom. The monoisotopic (exact) mass is 456 g/mol. The maximum absolute atomic E-state index is 12.9. The molecule has 9 heteroatoms. The van der Waals surface area contributed by atoms with Crippen LogP contribution in [0, 0.1) is 0 Å². The fourth-order valence-electron chi connectivity index (χ4n) is 3.54. The van der Waals surface area contributed by atoms with Crippen LogP contribution in [-0.2, 0) is 20.1 Å². The molecule has 1 N–H and O–H groups in total. The molecule has 0 radical (unpaired) electrons. The second-order valence-electron chi connectivity index (χ2n) is 7.49. The Hall–Kier alpha value is -4.53. The van der Waals surface area contributed by atoms with E-state index in [0.29, 0.717) is 22.8 Å². The van der Waals surface area contributed by atoms with Gasteiger partial charge in [0.05, 0.1) is 17.7 Å². The van der Waals surface area contributed by atoms with E-state index in [0.717, 1.165) is 11.3 Å². The highest BCUT2D eigenvalue weighted by atomic mass is 16.5. The predicted octanol–water partition coefficient (Wildman–Crippen LogP) is 3.46. The van der Waals surface area contributed by atoms with Gasteiger partial charge in [-0.2, -0.15) is 14.6 Å². The van der Waals surface area contributed by atoms with E-state index in [4.69, 9.17) is 4.74 Å². The maximum Gasteiger partial charge on any atom is 0.274 e. The molecule has 0 saturated heterocycles. The Morgan fingerprint density at radius 1 is 1.03 bits per heavy atom. The van der Waals surface area contributed by atoms with Gasteiger partial charge in [0, 0.05) is 30.6 Å². The number of para-hydroxylation sites is 1. The number of benzene rings is 2. The predicted molar refractivity (Wildman–Crippen MR) is 128 cm³/mol. The van der Waals surface area contributed by atoms with E-state index in [-0.39, 0.29) is 37.6 Å². The minimum atomic E-state index is -0.297. The third-order valence-electron chi connectivity index (χ3n) is 5.26. The van der Waals surface area contributed by atoms with Crippen LogP contribution in [0.3, 0.4) is 0 Å². The number of fused-ring (bicyclic) bond motifs is 1. The molecule has 172 valence electrons. The van der Waals surface area contributed by atoms with Gasteiger partial charge in [0.15, 0.2) is 11.6 Å². The average molecular weight is 457 g/mol. The number of H-pyrrole nitrogens is 1. The lowest BCUT2D eigenvalue weighted by Gasteiger charge is -2.10. The standard InChI is InChI=1S/C24H20N6O3.CH4/c1-29-18(11-12-25-29)14-20(31)19-9-5-6-10-21(19)33-15-17-13-22(32)30-24(26-17)27-23(28-30)16-7-3-2-4-8-16;/h2-13H,14-15H2,1H3,(H,26,27,28);1H4. The molecule has 9 nitrogen and oxygen atoms in total. The summed E-state index contributed by atoms with van der Waals surface area (Å²) in [6.07, 6.45) is 1.86. The summed E-state index contributed by atoms with van der Waals surface area (Å²) in [5.74, 6) is 1.14. The van der Waals surface area contributed by atoms with Crippen molar-refractivity contribution in [2.45, 2.75) is 20.5 Å². The molecule has 0 atom stereocenters. The SMILES string of the molecule is C.Cn1nccc1CC(=O)c1ccccc1OCc1cc(=O)n2[nH]c(-c3ccccc3)nc2n1. The topological polar surface area (TPSA) is 107 Å². The van der Waals surface area contributed by atoms with Gasteiger partial charge in [-0.05, 0) is 18.2 Å². The molecule has 5 aromatic rings. The molecule has 0 aliphatic heterocycles. The highest BCUT2D eigenvalue weighted by Crippen LogP contribution is 2.21. The molecule has 0 spiro atoms. The van der Waals surface area contributed by atoms with Gasteiger partial charge in [-0.3, -0.25) is 19.4 Å². The highest BCUT2D eigenvalue weighted by Gasteiger charge is 2.16. The molecule has 3 heterocycles. The number of rotatable bonds is 7. The minimum Gasteiger partial charge on any atom is -0.487 e. The Bertz CT molecular complexity index is 1500. The molecule has 34 heavy (non-hydrogen) atoms. The van der Waals surface area contributed by atoms with Crippen LogP contribution in [0.5, 0.6) is 5.75 Å². The van der Waals surface area contributed by atoms with Crippen LogP contribution < -0.4 is 10.3 Å². The highest BCUT2D eigenvalue weighted by molar-refractivity contribution is 5.99. The first-order valence-electron chi connectivity index (χ1n) is 10.3. The van der Waals surface area contributed by atoms with Gasteiger partial charge in [0.1, 0.15) is 12.4 Å². The molecule has 0 aliphatic rings. The zero-order valence-electron chi connectivity index (χ0n) is 17.8. The maximum atomic E-state index is 12.9. The lowest BCUT2D eigenvalue weighted by atomic mass is 10.1. The summed E-state index contributed by atoms with van der Waals surface area (Å²) in [6.45, 7) is 0.0231. The van der Waals surface area contributed by atoms with Crippen LogP contribution in [0.15, 0.2) is 77.7 Å². The van der Waals surface area contributed by atoms with Crippen LogP contribution >= 0.6 is 0 Å². The lowest BCUT2D eigenvalue weighted by Crippen LogP contribution is -2.17. The second kappa shape index (κ2) is 9.53. The summed E-state index contributed by atoms with van der Waals surface area (Å²) in [5, 5.41) is 7.07. The third kappa shape index (κ3) is 4.49. The van der Waals surface area contributed by atoms with Gasteiger partial charge in [0.25, 0.3) is 11.3 Å². The van der Waals surface area contributed by atoms with Gasteiger partial charge in [-0.15, -0.1) is 0 Å². The van der Waals surface area contributed by atoms with Gasteiger partial charge < -0.3 is 4.74 Å². The van der Waals surface area contributed by atoms with Crippen LogP contribution in [-0.4, -0.2) is 35.1 Å². The van der Waals surface area contributed by atoms with E-state index in [1.165, 1.54) is 10.6 Å². The van der Waals surface area contributed by atoms with Gasteiger partial charge in [-0.1, -0.05) is 49.9 Å². The van der Waals surface area contributed by atoms with E-state index in [2.05, 4.69) is 20.2 Å². The van der Waals surface area contributed by atoms with Crippen LogP contribution in [0.25, 0.3) is 17.2 Å². The van der Waals surface area contributed by atoms with Gasteiger partial charge >= 0.3 is 0 Å². The molecule has 5 rings (SSSR count). The molecular weight excluding hydrogens is 432 g/mol. The van der Waals surface area contributed by atoms with Gasteiger partial charge in [0.2, 0.25) is 0 Å². The lowest BCUT2D eigenvalue weighted by molar-refractivity contribution is 0.0986. The second-order valence-corrected chi connectivity index (χ2v) is 7.49. The molecule has 0 bridgehead atoms. The van der Waals surface area contributed by atoms with Crippen molar-refractivity contribution < 1.29 is 9.53 Å². The molecule has 2 aromatic carbocycles. The van der Waals surface area contributed by atoms with Crippen molar-refractivity contribution in [1.29, 1.82) is 0 Å². The molecular formula is C25H24N6O3. The van der Waals surface area contributed by atoms with E-state index in [1.54, 1.807) is 42.2 Å². The first kappa shape index (κ1) is 22.7. The van der Waals surface area contributed by atoms with Crippen molar-refractivity contribution >= 4 is 11.6 Å². The number of hydrogen-bond donors (Lipinski definition) is 1. The summed E-state index contributed by atoms with van der Waals surface area (Å²) >= 11 is 0.